The third-order valence-corrected chi connectivity index (χ3v) is 4.14. The molecule has 10 heteroatoms. The van der Waals surface area contributed by atoms with Crippen molar-refractivity contribution in [1.29, 1.82) is 0 Å². The van der Waals surface area contributed by atoms with Crippen LogP contribution in [0.15, 0.2) is 16.7 Å². The molecule has 0 amide bonds. The predicted octanol–water partition coefficient (Wildman–Crippen LogP) is 4.80. The maximum atomic E-state index is 12.7. The minimum Gasteiger partial charge on any atom is -0.461 e. The van der Waals surface area contributed by atoms with Crippen molar-refractivity contribution in [1.82, 2.24) is 14.5 Å². The minimum atomic E-state index is -3.05. The van der Waals surface area contributed by atoms with Crippen LogP contribution < -0.4 is 4.74 Å². The monoisotopic (exact) mass is 451 g/mol. The maximum Gasteiger partial charge on any atom is 0.387 e. The molecule has 6 nitrogen and oxygen atoms in total. The highest BCUT2D eigenvalue weighted by Gasteiger charge is 2.25. The van der Waals surface area contributed by atoms with Gasteiger partial charge in [0.15, 0.2) is 17.3 Å². The Bertz CT molecular complexity index is 786. The van der Waals surface area contributed by atoms with E-state index in [4.69, 9.17) is 16.3 Å². The Balaban J connectivity index is 2.48. The topological polar surface area (TPSA) is 66.2 Å². The number of unbranched alkanes of at least 4 members (excludes halogenated alkanes) is 1. The summed E-state index contributed by atoms with van der Waals surface area (Å²) >= 11 is 9.46. The maximum absolute atomic E-state index is 12.7. The summed E-state index contributed by atoms with van der Waals surface area (Å²) in [5, 5.41) is -0.0720. The largest absolute Gasteiger partial charge is 0.461 e. The summed E-state index contributed by atoms with van der Waals surface area (Å²) < 4.78 is 36.9. The predicted molar refractivity (Wildman–Crippen MR) is 95.3 cm³/mol. The number of aryl methyl sites for hydroxylation is 1. The number of carbonyl (C=O) groups excluding carboxylic acids is 1. The SMILES string of the molecule is CCCCOC(=O)c1nc(CC)n(-c2ncc(Br)cc2OC(F)F)c1Cl. The van der Waals surface area contributed by atoms with Gasteiger partial charge in [0.1, 0.15) is 11.0 Å². The molecular formula is C16H17BrClF2N3O3. The summed E-state index contributed by atoms with van der Waals surface area (Å²) in [7, 11) is 0. The summed E-state index contributed by atoms with van der Waals surface area (Å²) in [5.41, 5.74) is -0.0904. The second kappa shape index (κ2) is 9.27. The van der Waals surface area contributed by atoms with Crippen molar-refractivity contribution in [3.05, 3.63) is 33.4 Å². The van der Waals surface area contributed by atoms with Crippen molar-refractivity contribution in [2.45, 2.75) is 39.7 Å². The summed E-state index contributed by atoms with van der Waals surface area (Å²) in [5.74, 6) is -0.499. The van der Waals surface area contributed by atoms with Gasteiger partial charge >= 0.3 is 12.6 Å². The van der Waals surface area contributed by atoms with Gasteiger partial charge in [-0.1, -0.05) is 31.9 Å². The molecule has 0 aromatic carbocycles. The fourth-order valence-corrected chi connectivity index (χ4v) is 2.78. The molecule has 0 bridgehead atoms. The third kappa shape index (κ3) is 4.70. The number of hydrogen-bond donors (Lipinski definition) is 0. The van der Waals surface area contributed by atoms with Crippen molar-refractivity contribution < 1.29 is 23.0 Å². The van der Waals surface area contributed by atoms with Crippen molar-refractivity contribution in [2.24, 2.45) is 0 Å². The zero-order valence-electron chi connectivity index (χ0n) is 14.1. The lowest BCUT2D eigenvalue weighted by molar-refractivity contribution is -0.0501. The van der Waals surface area contributed by atoms with Crippen LogP contribution in [0.3, 0.4) is 0 Å². The van der Waals surface area contributed by atoms with E-state index in [1.807, 2.05) is 6.92 Å². The fraction of sp³-hybridized carbons (Fsp3) is 0.438. The molecule has 0 saturated heterocycles. The van der Waals surface area contributed by atoms with Gasteiger partial charge in [0.05, 0.1) is 6.61 Å². The number of ether oxygens (including phenoxy) is 2. The van der Waals surface area contributed by atoms with Crippen LogP contribution in [-0.2, 0) is 11.2 Å². The molecule has 142 valence electrons. The molecule has 26 heavy (non-hydrogen) atoms. The first-order valence-corrected chi connectivity index (χ1v) is 9.11. The van der Waals surface area contributed by atoms with Gasteiger partial charge in [0.25, 0.3) is 0 Å². The summed E-state index contributed by atoms with van der Waals surface area (Å²) in [6.45, 7) is 0.953. The van der Waals surface area contributed by atoms with Crippen molar-refractivity contribution in [2.75, 3.05) is 6.61 Å². The fourth-order valence-electron chi connectivity index (χ4n) is 2.17. The molecule has 0 aliphatic rings. The number of pyridine rings is 1. The average Bonchev–Trinajstić information content (AvgIpc) is 2.91. The molecule has 0 aliphatic carbocycles. The quantitative estimate of drug-likeness (QED) is 0.425. The van der Waals surface area contributed by atoms with E-state index in [1.54, 1.807) is 6.92 Å². The first-order valence-electron chi connectivity index (χ1n) is 7.93. The van der Waals surface area contributed by atoms with Gasteiger partial charge in [-0.15, -0.1) is 0 Å². The lowest BCUT2D eigenvalue weighted by Crippen LogP contribution is -2.10. The van der Waals surface area contributed by atoms with Crippen LogP contribution in [0.5, 0.6) is 5.75 Å². The lowest BCUT2D eigenvalue weighted by atomic mass is 10.3. The van der Waals surface area contributed by atoms with Crippen LogP contribution >= 0.6 is 27.5 Å². The molecule has 0 spiro atoms. The van der Waals surface area contributed by atoms with Gasteiger partial charge in [-0.05, 0) is 22.4 Å². The van der Waals surface area contributed by atoms with Gasteiger partial charge in [-0.3, -0.25) is 4.57 Å². The van der Waals surface area contributed by atoms with Crippen LogP contribution in [0.2, 0.25) is 5.15 Å². The molecule has 2 aromatic rings. The summed E-state index contributed by atoms with van der Waals surface area (Å²) in [6, 6.07) is 1.34. The Morgan fingerprint density at radius 1 is 1.42 bits per heavy atom. The van der Waals surface area contributed by atoms with Gasteiger partial charge < -0.3 is 9.47 Å². The second-order valence-electron chi connectivity index (χ2n) is 5.20. The van der Waals surface area contributed by atoms with Gasteiger partial charge in [-0.25, -0.2) is 14.8 Å². The number of hydrogen-bond acceptors (Lipinski definition) is 5. The zero-order valence-corrected chi connectivity index (χ0v) is 16.5. The Labute approximate surface area is 162 Å². The van der Waals surface area contributed by atoms with Crippen molar-refractivity contribution >= 4 is 33.5 Å². The van der Waals surface area contributed by atoms with E-state index in [1.165, 1.54) is 16.8 Å². The molecule has 2 rings (SSSR count). The molecule has 0 N–H and O–H groups in total. The average molecular weight is 453 g/mol. The third-order valence-electron chi connectivity index (χ3n) is 3.36. The smallest absolute Gasteiger partial charge is 0.387 e. The number of imidazole rings is 1. The van der Waals surface area contributed by atoms with Crippen LogP contribution in [-0.4, -0.2) is 33.7 Å². The van der Waals surface area contributed by atoms with E-state index in [9.17, 15) is 13.6 Å². The molecule has 0 fully saturated rings. The molecule has 2 heterocycles. The number of nitrogens with zero attached hydrogens (tertiary/aromatic N) is 3. The first kappa shape index (κ1) is 20.6. The van der Waals surface area contributed by atoms with Crippen LogP contribution in [0.25, 0.3) is 5.82 Å². The van der Waals surface area contributed by atoms with Gasteiger partial charge in [-0.2, -0.15) is 8.78 Å². The Morgan fingerprint density at radius 3 is 2.77 bits per heavy atom. The molecule has 0 aliphatic heterocycles. The molecule has 0 radical (unpaired) electrons. The molecular weight excluding hydrogens is 436 g/mol. The van der Waals surface area contributed by atoms with E-state index in [0.717, 1.165) is 6.42 Å². The van der Waals surface area contributed by atoms with Crippen LogP contribution in [0, 0.1) is 0 Å². The Hall–Kier alpha value is -1.74. The highest BCUT2D eigenvalue weighted by atomic mass is 79.9. The van der Waals surface area contributed by atoms with Crippen molar-refractivity contribution in [3.63, 3.8) is 0 Å². The van der Waals surface area contributed by atoms with Gasteiger partial charge in [0, 0.05) is 23.2 Å². The minimum absolute atomic E-state index is 0.00968. The molecule has 0 unspecified atom stereocenters. The lowest BCUT2D eigenvalue weighted by Gasteiger charge is -2.13. The Morgan fingerprint density at radius 2 is 2.15 bits per heavy atom. The van der Waals surface area contributed by atoms with E-state index in [2.05, 4.69) is 30.6 Å². The molecule has 0 atom stereocenters. The van der Waals surface area contributed by atoms with Crippen LogP contribution in [0.4, 0.5) is 8.78 Å². The number of halogens is 4. The first-order chi connectivity index (χ1) is 12.4. The Kier molecular flexibility index (Phi) is 7.33. The number of carbonyl (C=O) groups is 1. The zero-order chi connectivity index (χ0) is 19.3. The number of esters is 1. The van der Waals surface area contributed by atoms with E-state index < -0.39 is 12.6 Å². The number of alkyl halides is 2. The van der Waals surface area contributed by atoms with Crippen molar-refractivity contribution in [3.8, 4) is 11.6 Å². The van der Waals surface area contributed by atoms with E-state index >= 15 is 0 Å². The number of rotatable bonds is 8. The second-order valence-corrected chi connectivity index (χ2v) is 6.47. The standard InChI is InChI=1S/C16H17BrClF2N3O3/c1-3-5-6-25-15(24)12-13(18)23(11(4-2)22-12)14-10(26-16(19)20)7-9(17)8-21-14/h7-8,16H,3-6H2,1-2H3. The summed E-state index contributed by atoms with van der Waals surface area (Å²) in [6.07, 6.45) is 3.37. The normalized spacial score (nSPS) is 11.0. The van der Waals surface area contributed by atoms with Gasteiger partial charge in [0.2, 0.25) is 0 Å². The number of aromatic nitrogens is 3. The summed E-state index contributed by atoms with van der Waals surface area (Å²) in [4.78, 5) is 20.5. The van der Waals surface area contributed by atoms with E-state index in [0.29, 0.717) is 23.1 Å². The van der Waals surface area contributed by atoms with E-state index in [-0.39, 0.29) is 29.0 Å². The molecule has 0 saturated carbocycles. The highest BCUT2D eigenvalue weighted by Crippen LogP contribution is 2.31. The highest BCUT2D eigenvalue weighted by molar-refractivity contribution is 9.10. The van der Waals surface area contributed by atoms with Crippen LogP contribution in [0.1, 0.15) is 43.0 Å². The molecule has 2 aromatic heterocycles.